The third-order valence-corrected chi connectivity index (χ3v) is 2.96. The third kappa shape index (κ3) is 2.42. The molecular formula is C15H14FNO2. The van der Waals surface area contributed by atoms with Gasteiger partial charge in [-0.1, -0.05) is 6.07 Å². The number of hydrogen-bond donors (Lipinski definition) is 1. The number of benzene rings is 2. The molecule has 98 valence electrons. The van der Waals surface area contributed by atoms with Gasteiger partial charge < -0.3 is 10.5 Å². The summed E-state index contributed by atoms with van der Waals surface area (Å²) in [5.41, 5.74) is 7.55. The average molecular weight is 259 g/mol. The zero-order valence-corrected chi connectivity index (χ0v) is 10.7. The van der Waals surface area contributed by atoms with Gasteiger partial charge in [0.05, 0.1) is 12.8 Å². The van der Waals surface area contributed by atoms with E-state index in [0.29, 0.717) is 28.1 Å². The number of carbonyl (C=O) groups is 1. The Morgan fingerprint density at radius 3 is 2.58 bits per heavy atom. The highest BCUT2D eigenvalue weighted by atomic mass is 19.1. The first-order valence-corrected chi connectivity index (χ1v) is 5.78. The van der Waals surface area contributed by atoms with Crippen molar-refractivity contribution in [3.8, 4) is 5.75 Å². The van der Waals surface area contributed by atoms with Gasteiger partial charge in [-0.05, 0) is 42.8 Å². The van der Waals surface area contributed by atoms with Gasteiger partial charge in [-0.3, -0.25) is 4.79 Å². The highest BCUT2D eigenvalue weighted by molar-refractivity contribution is 6.13. The monoisotopic (exact) mass is 259 g/mol. The lowest BCUT2D eigenvalue weighted by atomic mass is 9.97. The number of ether oxygens (including phenoxy) is 1. The van der Waals surface area contributed by atoms with Crippen LogP contribution in [-0.2, 0) is 0 Å². The molecule has 0 heterocycles. The van der Waals surface area contributed by atoms with Gasteiger partial charge in [0.15, 0.2) is 5.78 Å². The maximum absolute atomic E-state index is 13.1. The number of ketones is 1. The summed E-state index contributed by atoms with van der Waals surface area (Å²) in [5, 5.41) is 0. The first-order chi connectivity index (χ1) is 9.04. The van der Waals surface area contributed by atoms with Gasteiger partial charge in [-0.25, -0.2) is 4.39 Å². The lowest BCUT2D eigenvalue weighted by Gasteiger charge is -2.10. The summed E-state index contributed by atoms with van der Waals surface area (Å²) in [6.07, 6.45) is 0. The predicted octanol–water partition coefficient (Wildman–Crippen LogP) is 2.96. The first kappa shape index (κ1) is 13.1. The van der Waals surface area contributed by atoms with Gasteiger partial charge in [0.2, 0.25) is 0 Å². The minimum atomic E-state index is -0.368. The van der Waals surface area contributed by atoms with E-state index in [1.807, 2.05) is 0 Å². The highest BCUT2D eigenvalue weighted by Crippen LogP contribution is 2.27. The van der Waals surface area contributed by atoms with E-state index in [2.05, 4.69) is 0 Å². The molecule has 0 fully saturated rings. The van der Waals surface area contributed by atoms with Crippen molar-refractivity contribution in [1.82, 2.24) is 0 Å². The highest BCUT2D eigenvalue weighted by Gasteiger charge is 2.16. The fourth-order valence-electron chi connectivity index (χ4n) is 1.95. The van der Waals surface area contributed by atoms with Crippen molar-refractivity contribution in [3.05, 3.63) is 58.9 Å². The Labute approximate surface area is 110 Å². The second-order valence-electron chi connectivity index (χ2n) is 4.21. The zero-order valence-electron chi connectivity index (χ0n) is 10.7. The van der Waals surface area contributed by atoms with Crippen LogP contribution < -0.4 is 10.5 Å². The van der Waals surface area contributed by atoms with Crippen LogP contribution in [0.15, 0.2) is 36.4 Å². The van der Waals surface area contributed by atoms with Crippen LogP contribution in [0.2, 0.25) is 0 Å². The van der Waals surface area contributed by atoms with Crippen molar-refractivity contribution in [1.29, 1.82) is 0 Å². The molecule has 0 unspecified atom stereocenters. The number of anilines is 1. The number of para-hydroxylation sites is 1. The summed E-state index contributed by atoms with van der Waals surface area (Å²) in [7, 11) is 1.49. The molecule has 0 atom stereocenters. The molecule has 0 saturated heterocycles. The van der Waals surface area contributed by atoms with Gasteiger partial charge >= 0.3 is 0 Å². The van der Waals surface area contributed by atoms with Crippen molar-refractivity contribution in [3.63, 3.8) is 0 Å². The smallest absolute Gasteiger partial charge is 0.195 e. The quantitative estimate of drug-likeness (QED) is 0.681. The van der Waals surface area contributed by atoms with E-state index in [1.165, 1.54) is 25.3 Å². The second-order valence-corrected chi connectivity index (χ2v) is 4.21. The summed E-state index contributed by atoms with van der Waals surface area (Å²) < 4.78 is 18.1. The van der Waals surface area contributed by atoms with Crippen molar-refractivity contribution < 1.29 is 13.9 Å². The van der Waals surface area contributed by atoms with E-state index in [-0.39, 0.29) is 11.6 Å². The number of carbonyl (C=O) groups excluding carboxylic acids is 1. The fourth-order valence-corrected chi connectivity index (χ4v) is 1.95. The molecule has 19 heavy (non-hydrogen) atoms. The second kappa shape index (κ2) is 5.10. The molecule has 0 saturated carbocycles. The molecule has 0 bridgehead atoms. The van der Waals surface area contributed by atoms with Crippen LogP contribution in [-0.4, -0.2) is 12.9 Å². The topological polar surface area (TPSA) is 52.3 Å². The maximum atomic E-state index is 13.1. The molecule has 0 aliphatic heterocycles. The van der Waals surface area contributed by atoms with Gasteiger partial charge in [-0.15, -0.1) is 0 Å². The molecule has 0 aliphatic rings. The van der Waals surface area contributed by atoms with Crippen LogP contribution >= 0.6 is 0 Å². The Hall–Kier alpha value is -2.36. The Morgan fingerprint density at radius 1 is 1.21 bits per heavy atom. The number of nitrogen functional groups attached to an aromatic ring is 1. The Morgan fingerprint density at radius 2 is 1.95 bits per heavy atom. The van der Waals surface area contributed by atoms with E-state index in [4.69, 9.17) is 10.5 Å². The van der Waals surface area contributed by atoms with E-state index < -0.39 is 0 Å². The molecule has 2 N–H and O–H groups in total. The van der Waals surface area contributed by atoms with Gasteiger partial charge in [-0.2, -0.15) is 0 Å². The predicted molar refractivity (Wildman–Crippen MR) is 72.0 cm³/mol. The van der Waals surface area contributed by atoms with Gasteiger partial charge in [0, 0.05) is 11.1 Å². The fraction of sp³-hybridized carbons (Fsp3) is 0.133. The van der Waals surface area contributed by atoms with Crippen LogP contribution in [0.5, 0.6) is 5.75 Å². The summed E-state index contributed by atoms with van der Waals surface area (Å²) >= 11 is 0. The van der Waals surface area contributed by atoms with Crippen molar-refractivity contribution in [2.45, 2.75) is 6.92 Å². The molecule has 2 rings (SSSR count). The first-order valence-electron chi connectivity index (χ1n) is 5.78. The van der Waals surface area contributed by atoms with Crippen LogP contribution in [0.1, 0.15) is 21.5 Å². The third-order valence-electron chi connectivity index (χ3n) is 2.96. The zero-order chi connectivity index (χ0) is 14.0. The average Bonchev–Trinajstić information content (AvgIpc) is 2.38. The molecule has 4 heteroatoms. The molecule has 0 spiro atoms. The molecule has 0 aliphatic carbocycles. The molecular weight excluding hydrogens is 245 g/mol. The van der Waals surface area contributed by atoms with E-state index in [9.17, 15) is 9.18 Å². The van der Waals surface area contributed by atoms with Gasteiger partial charge in [0.1, 0.15) is 11.6 Å². The largest absolute Gasteiger partial charge is 0.495 e. The van der Waals surface area contributed by atoms with E-state index in [1.54, 1.807) is 25.1 Å². The van der Waals surface area contributed by atoms with Crippen LogP contribution in [0, 0.1) is 12.7 Å². The van der Waals surface area contributed by atoms with Crippen LogP contribution in [0.25, 0.3) is 0 Å². The van der Waals surface area contributed by atoms with Gasteiger partial charge in [0.25, 0.3) is 0 Å². The number of hydrogen-bond acceptors (Lipinski definition) is 3. The Bertz CT molecular complexity index is 638. The lowest BCUT2D eigenvalue weighted by Crippen LogP contribution is -2.08. The molecule has 0 aromatic heterocycles. The van der Waals surface area contributed by atoms with E-state index in [0.717, 1.165) is 0 Å². The number of nitrogens with two attached hydrogens (primary N) is 1. The molecule has 0 amide bonds. The Balaban J connectivity index is 2.50. The number of aryl methyl sites for hydroxylation is 1. The molecule has 0 radical (unpaired) electrons. The van der Waals surface area contributed by atoms with Crippen LogP contribution in [0.3, 0.4) is 0 Å². The lowest BCUT2D eigenvalue weighted by molar-refractivity contribution is 0.103. The number of rotatable bonds is 3. The summed E-state index contributed by atoms with van der Waals surface area (Å²) in [5.74, 6) is -0.160. The summed E-state index contributed by atoms with van der Waals surface area (Å²) in [6.45, 7) is 1.69. The summed E-state index contributed by atoms with van der Waals surface area (Å²) in [4.78, 5) is 12.4. The molecule has 2 aromatic carbocycles. The number of methoxy groups -OCH3 is 1. The Kier molecular flexibility index (Phi) is 3.51. The van der Waals surface area contributed by atoms with Crippen molar-refractivity contribution >= 4 is 11.5 Å². The maximum Gasteiger partial charge on any atom is 0.195 e. The molecule has 3 nitrogen and oxygen atoms in total. The van der Waals surface area contributed by atoms with Crippen LogP contribution in [0.4, 0.5) is 10.1 Å². The standard InChI is InChI=1S/C15H14FNO2/c1-9-8-10(16)6-7-11(9)15(18)12-4-3-5-13(19-2)14(12)17/h3-8H,17H2,1-2H3. The number of halogens is 1. The normalized spacial score (nSPS) is 10.3. The van der Waals surface area contributed by atoms with Crippen molar-refractivity contribution in [2.75, 3.05) is 12.8 Å². The SMILES string of the molecule is COc1cccc(C(=O)c2ccc(F)cc2C)c1N. The minimum absolute atomic E-state index is 0.242. The summed E-state index contributed by atoms with van der Waals surface area (Å²) in [6, 6.07) is 9.06. The van der Waals surface area contributed by atoms with Crippen molar-refractivity contribution in [2.24, 2.45) is 0 Å². The minimum Gasteiger partial charge on any atom is -0.495 e. The van der Waals surface area contributed by atoms with E-state index >= 15 is 0 Å². The molecule has 2 aromatic rings.